The van der Waals surface area contributed by atoms with Gasteiger partial charge in [0.25, 0.3) is 11.8 Å². The summed E-state index contributed by atoms with van der Waals surface area (Å²) in [7, 11) is 0. The number of nitrogens with one attached hydrogen (secondary N) is 1. The number of benzene rings is 1. The molecule has 1 aliphatic heterocycles. The number of carbonyl (C=O) groups is 4. The SMILES string of the molecule is CC(=O)NCc1cccc(Oc2ccc(C(=O)ON3C(=O)CCC3=O)cn2)c1. The molecule has 3 amide bonds. The monoisotopic (exact) mass is 383 g/mol. The molecule has 0 radical (unpaired) electrons. The lowest BCUT2D eigenvalue weighted by atomic mass is 10.2. The number of aromatic nitrogens is 1. The molecule has 0 unspecified atom stereocenters. The van der Waals surface area contributed by atoms with Crippen molar-refractivity contribution in [1.29, 1.82) is 0 Å². The van der Waals surface area contributed by atoms with E-state index in [0.29, 0.717) is 17.4 Å². The average Bonchev–Trinajstić information content (AvgIpc) is 2.99. The van der Waals surface area contributed by atoms with E-state index in [9.17, 15) is 19.2 Å². The Balaban J connectivity index is 1.62. The lowest BCUT2D eigenvalue weighted by Crippen LogP contribution is -2.32. The van der Waals surface area contributed by atoms with Gasteiger partial charge in [-0.15, -0.1) is 5.06 Å². The number of pyridine rings is 1. The Morgan fingerprint density at radius 1 is 1.14 bits per heavy atom. The van der Waals surface area contributed by atoms with E-state index >= 15 is 0 Å². The molecule has 1 aliphatic rings. The third-order valence-electron chi connectivity index (χ3n) is 3.81. The van der Waals surface area contributed by atoms with Crippen LogP contribution >= 0.6 is 0 Å². The maximum absolute atomic E-state index is 12.0. The van der Waals surface area contributed by atoms with Gasteiger partial charge in [-0.25, -0.2) is 9.78 Å². The fraction of sp³-hybridized carbons (Fsp3) is 0.211. The van der Waals surface area contributed by atoms with Crippen LogP contribution < -0.4 is 10.1 Å². The van der Waals surface area contributed by atoms with Crippen molar-refractivity contribution in [2.75, 3.05) is 0 Å². The molecule has 9 heteroatoms. The van der Waals surface area contributed by atoms with Gasteiger partial charge in [-0.1, -0.05) is 12.1 Å². The van der Waals surface area contributed by atoms with Crippen LogP contribution in [0.2, 0.25) is 0 Å². The second-order valence-electron chi connectivity index (χ2n) is 6.00. The van der Waals surface area contributed by atoms with Gasteiger partial charge in [-0.05, 0) is 23.8 Å². The van der Waals surface area contributed by atoms with Crippen LogP contribution in [0.4, 0.5) is 0 Å². The standard InChI is InChI=1S/C19H17N3O6/c1-12(23)20-10-13-3-2-4-15(9-13)27-16-6-5-14(11-21-16)19(26)28-22-17(24)7-8-18(22)25/h2-6,9,11H,7-8,10H2,1H3,(H,20,23). The molecule has 0 aliphatic carbocycles. The van der Waals surface area contributed by atoms with Crippen molar-refractivity contribution >= 4 is 23.7 Å². The molecule has 3 rings (SSSR count). The number of amides is 3. The molecule has 1 fully saturated rings. The van der Waals surface area contributed by atoms with E-state index in [4.69, 9.17) is 9.57 Å². The zero-order chi connectivity index (χ0) is 20.1. The van der Waals surface area contributed by atoms with Crippen molar-refractivity contribution in [2.45, 2.75) is 26.3 Å². The van der Waals surface area contributed by atoms with E-state index < -0.39 is 17.8 Å². The van der Waals surface area contributed by atoms with Gasteiger partial charge >= 0.3 is 5.97 Å². The first-order valence-electron chi connectivity index (χ1n) is 8.48. The summed E-state index contributed by atoms with van der Waals surface area (Å²) in [6.45, 7) is 1.81. The molecule has 2 heterocycles. The molecule has 1 saturated heterocycles. The molecule has 0 spiro atoms. The molecule has 9 nitrogen and oxygen atoms in total. The molecule has 1 aromatic heterocycles. The van der Waals surface area contributed by atoms with Crippen molar-refractivity contribution in [3.8, 4) is 11.6 Å². The summed E-state index contributed by atoms with van der Waals surface area (Å²) in [5, 5.41) is 3.17. The Hall–Kier alpha value is -3.75. The quantitative estimate of drug-likeness (QED) is 0.756. The summed E-state index contributed by atoms with van der Waals surface area (Å²) < 4.78 is 5.63. The van der Waals surface area contributed by atoms with Crippen molar-refractivity contribution < 1.29 is 28.8 Å². The Morgan fingerprint density at radius 2 is 1.89 bits per heavy atom. The molecule has 1 N–H and O–H groups in total. The summed E-state index contributed by atoms with van der Waals surface area (Å²) in [4.78, 5) is 54.9. The summed E-state index contributed by atoms with van der Waals surface area (Å²) >= 11 is 0. The zero-order valence-corrected chi connectivity index (χ0v) is 15.0. The maximum Gasteiger partial charge on any atom is 0.365 e. The minimum atomic E-state index is -0.861. The summed E-state index contributed by atoms with van der Waals surface area (Å²) in [5.41, 5.74) is 0.923. The normalized spacial score (nSPS) is 13.4. The largest absolute Gasteiger partial charge is 0.439 e. The molecular weight excluding hydrogens is 366 g/mol. The first-order chi connectivity index (χ1) is 13.4. The van der Waals surface area contributed by atoms with Crippen molar-refractivity contribution in [2.24, 2.45) is 0 Å². The third kappa shape index (κ3) is 4.70. The summed E-state index contributed by atoms with van der Waals surface area (Å²) in [6.07, 6.45) is 1.28. The predicted molar refractivity (Wildman–Crippen MR) is 94.8 cm³/mol. The molecule has 144 valence electrons. The van der Waals surface area contributed by atoms with Gasteiger partial charge < -0.3 is 14.9 Å². The maximum atomic E-state index is 12.0. The van der Waals surface area contributed by atoms with E-state index in [1.807, 2.05) is 6.07 Å². The summed E-state index contributed by atoms with van der Waals surface area (Å²) in [5.74, 6) is -1.34. The molecule has 0 bridgehead atoms. The first-order valence-corrected chi connectivity index (χ1v) is 8.48. The van der Waals surface area contributed by atoms with Gasteiger partial charge in [0.2, 0.25) is 11.8 Å². The smallest absolute Gasteiger partial charge is 0.365 e. The minimum absolute atomic E-state index is 0.0259. The van der Waals surface area contributed by atoms with Gasteiger partial charge in [-0.2, -0.15) is 0 Å². The Labute approximate surface area is 160 Å². The van der Waals surface area contributed by atoms with E-state index in [1.165, 1.54) is 25.3 Å². The van der Waals surface area contributed by atoms with Gasteiger partial charge in [0.05, 0.1) is 5.56 Å². The van der Waals surface area contributed by atoms with Crippen LogP contribution in [-0.4, -0.2) is 33.7 Å². The number of rotatable bonds is 6. The van der Waals surface area contributed by atoms with Crippen molar-refractivity contribution in [3.05, 3.63) is 53.7 Å². The third-order valence-corrected chi connectivity index (χ3v) is 3.81. The highest BCUT2D eigenvalue weighted by Gasteiger charge is 2.33. The molecule has 2 aromatic rings. The topological polar surface area (TPSA) is 115 Å². The molecule has 0 atom stereocenters. The van der Waals surface area contributed by atoms with Crippen LogP contribution in [0.3, 0.4) is 0 Å². The second-order valence-corrected chi connectivity index (χ2v) is 6.00. The fourth-order valence-corrected chi connectivity index (χ4v) is 2.42. The number of imide groups is 1. The van der Waals surface area contributed by atoms with Gasteiger partial charge in [0.15, 0.2) is 0 Å². The fourth-order valence-electron chi connectivity index (χ4n) is 2.42. The number of hydroxylamine groups is 2. The molecular formula is C19H17N3O6. The minimum Gasteiger partial charge on any atom is -0.439 e. The van der Waals surface area contributed by atoms with Crippen LogP contribution in [-0.2, 0) is 25.8 Å². The van der Waals surface area contributed by atoms with Gasteiger partial charge in [0, 0.05) is 38.6 Å². The van der Waals surface area contributed by atoms with E-state index in [2.05, 4.69) is 10.3 Å². The van der Waals surface area contributed by atoms with E-state index in [0.717, 1.165) is 5.56 Å². The number of ether oxygens (including phenoxy) is 1. The average molecular weight is 383 g/mol. The lowest BCUT2D eigenvalue weighted by molar-refractivity contribution is -0.172. The zero-order valence-electron chi connectivity index (χ0n) is 15.0. The first kappa shape index (κ1) is 19.0. The second kappa shape index (κ2) is 8.30. The van der Waals surface area contributed by atoms with Crippen LogP contribution in [0, 0.1) is 0 Å². The van der Waals surface area contributed by atoms with Crippen molar-refractivity contribution in [3.63, 3.8) is 0 Å². The predicted octanol–water partition coefficient (Wildman–Crippen LogP) is 1.73. The number of carbonyl (C=O) groups excluding carboxylic acids is 4. The highest BCUT2D eigenvalue weighted by molar-refractivity contribution is 6.02. The molecule has 28 heavy (non-hydrogen) atoms. The van der Waals surface area contributed by atoms with E-state index in [1.54, 1.807) is 18.2 Å². The Kier molecular flexibility index (Phi) is 5.64. The van der Waals surface area contributed by atoms with Crippen molar-refractivity contribution in [1.82, 2.24) is 15.4 Å². The lowest BCUT2D eigenvalue weighted by Gasteiger charge is -2.12. The Morgan fingerprint density at radius 3 is 2.54 bits per heavy atom. The molecule has 0 saturated carbocycles. The highest BCUT2D eigenvalue weighted by atomic mass is 16.7. The van der Waals surface area contributed by atoms with E-state index in [-0.39, 0.29) is 30.2 Å². The van der Waals surface area contributed by atoms with Gasteiger partial charge in [-0.3, -0.25) is 14.4 Å². The van der Waals surface area contributed by atoms with Crippen LogP contribution in [0.15, 0.2) is 42.6 Å². The summed E-state index contributed by atoms with van der Waals surface area (Å²) in [6, 6.07) is 9.98. The highest BCUT2D eigenvalue weighted by Crippen LogP contribution is 2.21. The van der Waals surface area contributed by atoms with Crippen LogP contribution in [0.1, 0.15) is 35.7 Å². The number of hydrogen-bond donors (Lipinski definition) is 1. The number of nitrogens with zero attached hydrogens (tertiary/aromatic N) is 2. The number of hydrogen-bond acceptors (Lipinski definition) is 7. The Bertz CT molecular complexity index is 910. The van der Waals surface area contributed by atoms with Gasteiger partial charge in [0.1, 0.15) is 5.75 Å². The van der Waals surface area contributed by atoms with Crippen LogP contribution in [0.25, 0.3) is 0 Å². The van der Waals surface area contributed by atoms with Crippen LogP contribution in [0.5, 0.6) is 11.6 Å². The molecule has 1 aromatic carbocycles.